The third-order valence-electron chi connectivity index (χ3n) is 3.83. The minimum Gasteiger partial charge on any atom is -0.296 e. The van der Waals surface area contributed by atoms with E-state index in [0.717, 1.165) is 38.3 Å². The quantitative estimate of drug-likeness (QED) is 0.805. The maximum Gasteiger partial charge on any atom is 0.127 e. The van der Waals surface area contributed by atoms with E-state index in [4.69, 9.17) is 0 Å². The van der Waals surface area contributed by atoms with Crippen molar-refractivity contribution in [3.8, 4) is 0 Å². The first-order valence-corrected chi connectivity index (χ1v) is 8.74. The standard InChI is InChI=1S/C16H18BrFN2S/c17-16-6-5-14(21-16)12-20-9-7-19(8-10-20)11-13-3-1-2-4-15(13)18/h1-6H,7-12H2. The summed E-state index contributed by atoms with van der Waals surface area (Å²) in [5.74, 6) is -0.0941. The van der Waals surface area contributed by atoms with Gasteiger partial charge in [-0.1, -0.05) is 18.2 Å². The molecule has 1 fully saturated rings. The monoisotopic (exact) mass is 368 g/mol. The number of halogens is 2. The summed E-state index contributed by atoms with van der Waals surface area (Å²) in [6.45, 7) is 5.82. The lowest BCUT2D eigenvalue weighted by atomic mass is 10.2. The van der Waals surface area contributed by atoms with Gasteiger partial charge in [-0.3, -0.25) is 9.80 Å². The number of hydrogen-bond donors (Lipinski definition) is 0. The van der Waals surface area contributed by atoms with Crippen molar-refractivity contribution in [3.63, 3.8) is 0 Å². The zero-order chi connectivity index (χ0) is 14.7. The summed E-state index contributed by atoms with van der Waals surface area (Å²) >= 11 is 5.31. The van der Waals surface area contributed by atoms with Crippen LogP contribution in [0.2, 0.25) is 0 Å². The fourth-order valence-electron chi connectivity index (χ4n) is 2.63. The molecule has 1 aromatic carbocycles. The van der Waals surface area contributed by atoms with Crippen molar-refractivity contribution in [3.05, 3.63) is 56.4 Å². The summed E-state index contributed by atoms with van der Waals surface area (Å²) in [7, 11) is 0. The summed E-state index contributed by atoms with van der Waals surface area (Å²) in [6.07, 6.45) is 0. The molecule has 21 heavy (non-hydrogen) atoms. The second-order valence-electron chi connectivity index (χ2n) is 5.35. The lowest BCUT2D eigenvalue weighted by molar-refractivity contribution is 0.122. The third kappa shape index (κ3) is 4.13. The zero-order valence-electron chi connectivity index (χ0n) is 11.8. The molecular formula is C16H18BrFN2S. The van der Waals surface area contributed by atoms with Gasteiger partial charge in [-0.25, -0.2) is 4.39 Å². The van der Waals surface area contributed by atoms with Gasteiger partial charge < -0.3 is 0 Å². The van der Waals surface area contributed by atoms with Gasteiger partial charge in [0.15, 0.2) is 0 Å². The van der Waals surface area contributed by atoms with Gasteiger partial charge in [-0.05, 0) is 34.1 Å². The van der Waals surface area contributed by atoms with Crippen molar-refractivity contribution in [1.29, 1.82) is 0 Å². The smallest absolute Gasteiger partial charge is 0.127 e. The van der Waals surface area contributed by atoms with Crippen LogP contribution in [0.15, 0.2) is 40.2 Å². The summed E-state index contributed by atoms with van der Waals surface area (Å²) in [5, 5.41) is 0. The predicted molar refractivity (Wildman–Crippen MR) is 89.0 cm³/mol. The third-order valence-corrected chi connectivity index (χ3v) is 5.43. The molecule has 0 bridgehead atoms. The van der Waals surface area contributed by atoms with Crippen LogP contribution in [0.5, 0.6) is 0 Å². The molecule has 3 rings (SSSR count). The van der Waals surface area contributed by atoms with E-state index in [0.29, 0.717) is 6.54 Å². The van der Waals surface area contributed by atoms with Crippen molar-refractivity contribution >= 4 is 27.3 Å². The van der Waals surface area contributed by atoms with Crippen LogP contribution < -0.4 is 0 Å². The molecule has 2 nitrogen and oxygen atoms in total. The number of hydrogen-bond acceptors (Lipinski definition) is 3. The van der Waals surface area contributed by atoms with Crippen LogP contribution in [0.4, 0.5) is 4.39 Å². The average molecular weight is 369 g/mol. The van der Waals surface area contributed by atoms with Crippen LogP contribution in [0.25, 0.3) is 0 Å². The van der Waals surface area contributed by atoms with Crippen molar-refractivity contribution in [2.75, 3.05) is 26.2 Å². The van der Waals surface area contributed by atoms with Crippen LogP contribution in [0.3, 0.4) is 0 Å². The van der Waals surface area contributed by atoms with Gasteiger partial charge in [-0.2, -0.15) is 0 Å². The van der Waals surface area contributed by atoms with E-state index in [1.54, 1.807) is 23.5 Å². The molecule has 1 aromatic heterocycles. The van der Waals surface area contributed by atoms with E-state index in [1.165, 1.54) is 8.66 Å². The predicted octanol–water partition coefficient (Wildman–Crippen LogP) is 3.97. The van der Waals surface area contributed by atoms with Crippen molar-refractivity contribution in [2.45, 2.75) is 13.1 Å². The Morgan fingerprint density at radius 2 is 1.62 bits per heavy atom. The van der Waals surface area contributed by atoms with Gasteiger partial charge in [0.05, 0.1) is 3.79 Å². The molecule has 0 radical (unpaired) electrons. The molecule has 0 saturated carbocycles. The first-order chi connectivity index (χ1) is 10.2. The van der Waals surface area contributed by atoms with E-state index in [9.17, 15) is 4.39 Å². The van der Waals surface area contributed by atoms with Gasteiger partial charge in [0, 0.05) is 49.7 Å². The van der Waals surface area contributed by atoms with Crippen LogP contribution in [-0.2, 0) is 13.1 Å². The number of nitrogens with zero attached hydrogens (tertiary/aromatic N) is 2. The molecule has 0 unspecified atom stereocenters. The highest BCUT2D eigenvalue weighted by Crippen LogP contribution is 2.23. The zero-order valence-corrected chi connectivity index (χ0v) is 14.2. The molecule has 0 atom stereocenters. The second-order valence-corrected chi connectivity index (χ2v) is 7.90. The molecule has 1 saturated heterocycles. The Labute approximate surface area is 137 Å². The molecule has 1 aliphatic heterocycles. The number of benzene rings is 1. The van der Waals surface area contributed by atoms with E-state index in [-0.39, 0.29) is 5.82 Å². The Bertz CT molecular complexity index is 593. The number of rotatable bonds is 4. The van der Waals surface area contributed by atoms with Gasteiger partial charge in [0.25, 0.3) is 0 Å². The fraction of sp³-hybridized carbons (Fsp3) is 0.375. The molecule has 2 aromatic rings. The Kier molecular flexibility index (Phi) is 5.06. The highest BCUT2D eigenvalue weighted by Gasteiger charge is 2.18. The average Bonchev–Trinajstić information content (AvgIpc) is 2.89. The Balaban J connectivity index is 1.50. The lowest BCUT2D eigenvalue weighted by Crippen LogP contribution is -2.45. The van der Waals surface area contributed by atoms with Crippen LogP contribution in [0, 0.1) is 5.82 Å². The molecule has 0 N–H and O–H groups in total. The van der Waals surface area contributed by atoms with E-state index >= 15 is 0 Å². The Hall–Kier alpha value is -0.750. The SMILES string of the molecule is Fc1ccccc1CN1CCN(Cc2ccc(Br)s2)CC1. The summed E-state index contributed by atoms with van der Waals surface area (Å²) in [6, 6.07) is 11.4. The van der Waals surface area contributed by atoms with Crippen LogP contribution in [0.1, 0.15) is 10.4 Å². The largest absolute Gasteiger partial charge is 0.296 e. The summed E-state index contributed by atoms with van der Waals surface area (Å²) in [5.41, 5.74) is 0.799. The maximum atomic E-state index is 13.7. The van der Waals surface area contributed by atoms with E-state index in [2.05, 4.69) is 37.9 Å². The molecule has 0 aliphatic carbocycles. The molecule has 2 heterocycles. The van der Waals surface area contributed by atoms with Gasteiger partial charge >= 0.3 is 0 Å². The van der Waals surface area contributed by atoms with Crippen molar-refractivity contribution < 1.29 is 4.39 Å². The highest BCUT2D eigenvalue weighted by atomic mass is 79.9. The minimum absolute atomic E-state index is 0.0941. The summed E-state index contributed by atoms with van der Waals surface area (Å²) < 4.78 is 14.9. The van der Waals surface area contributed by atoms with Gasteiger partial charge in [0.2, 0.25) is 0 Å². The molecule has 0 amide bonds. The van der Waals surface area contributed by atoms with Gasteiger partial charge in [-0.15, -0.1) is 11.3 Å². The maximum absolute atomic E-state index is 13.7. The van der Waals surface area contributed by atoms with Gasteiger partial charge in [0.1, 0.15) is 5.82 Å². The van der Waals surface area contributed by atoms with Crippen molar-refractivity contribution in [2.24, 2.45) is 0 Å². The Morgan fingerprint density at radius 1 is 0.952 bits per heavy atom. The fourth-order valence-corrected chi connectivity index (χ4v) is 4.16. The van der Waals surface area contributed by atoms with Crippen LogP contribution >= 0.6 is 27.3 Å². The summed E-state index contributed by atoms with van der Waals surface area (Å²) in [4.78, 5) is 6.19. The number of piperazine rings is 1. The molecular weight excluding hydrogens is 351 g/mol. The van der Waals surface area contributed by atoms with Crippen molar-refractivity contribution in [1.82, 2.24) is 9.80 Å². The lowest BCUT2D eigenvalue weighted by Gasteiger charge is -2.34. The topological polar surface area (TPSA) is 6.48 Å². The Morgan fingerprint density at radius 3 is 2.24 bits per heavy atom. The normalized spacial score (nSPS) is 17.2. The first kappa shape index (κ1) is 15.2. The van der Waals surface area contributed by atoms with E-state index in [1.807, 2.05) is 12.1 Å². The molecule has 5 heteroatoms. The van der Waals surface area contributed by atoms with Crippen LogP contribution in [-0.4, -0.2) is 36.0 Å². The highest BCUT2D eigenvalue weighted by molar-refractivity contribution is 9.11. The minimum atomic E-state index is -0.0941. The van der Waals surface area contributed by atoms with E-state index < -0.39 is 0 Å². The molecule has 1 aliphatic rings. The first-order valence-electron chi connectivity index (χ1n) is 7.13. The second kappa shape index (κ2) is 7.01. The number of thiophene rings is 1. The molecule has 112 valence electrons. The molecule has 0 spiro atoms.